The van der Waals surface area contributed by atoms with Gasteiger partial charge in [-0.2, -0.15) is 0 Å². The molecule has 118 valence electrons. The summed E-state index contributed by atoms with van der Waals surface area (Å²) in [6, 6.07) is 0. The smallest absolute Gasteiger partial charge is 0.0603 e. The normalized spacial score (nSPS) is 30.8. The average molecular weight is 281 g/mol. The summed E-state index contributed by atoms with van der Waals surface area (Å²) in [5.74, 6) is 3.39. The third kappa shape index (κ3) is 4.46. The maximum Gasteiger partial charge on any atom is 0.0603 e. The molecule has 2 nitrogen and oxygen atoms in total. The minimum Gasteiger partial charge on any atom is -0.375 e. The van der Waals surface area contributed by atoms with Crippen molar-refractivity contribution in [1.82, 2.24) is 4.90 Å². The van der Waals surface area contributed by atoms with Gasteiger partial charge in [0.15, 0.2) is 0 Å². The first kappa shape index (κ1) is 16.3. The van der Waals surface area contributed by atoms with Crippen molar-refractivity contribution < 1.29 is 4.74 Å². The van der Waals surface area contributed by atoms with E-state index in [2.05, 4.69) is 39.5 Å². The van der Waals surface area contributed by atoms with Crippen molar-refractivity contribution in [2.24, 2.45) is 23.7 Å². The molecule has 0 spiro atoms. The van der Waals surface area contributed by atoms with E-state index in [1.54, 1.807) is 0 Å². The van der Waals surface area contributed by atoms with Gasteiger partial charge >= 0.3 is 0 Å². The molecule has 0 amide bonds. The Bertz CT molecular complexity index is 275. The van der Waals surface area contributed by atoms with Crippen LogP contribution < -0.4 is 0 Å². The van der Waals surface area contributed by atoms with Crippen LogP contribution in [0.4, 0.5) is 0 Å². The minimum atomic E-state index is 0.540. The van der Waals surface area contributed by atoms with E-state index >= 15 is 0 Å². The summed E-state index contributed by atoms with van der Waals surface area (Å²) in [4.78, 5) is 2.61. The van der Waals surface area contributed by atoms with Crippen molar-refractivity contribution in [1.29, 1.82) is 0 Å². The minimum absolute atomic E-state index is 0.540. The van der Waals surface area contributed by atoms with Crippen LogP contribution in [0.15, 0.2) is 0 Å². The number of hydrogen-bond donors (Lipinski definition) is 0. The van der Waals surface area contributed by atoms with Crippen LogP contribution >= 0.6 is 0 Å². The molecule has 1 saturated carbocycles. The second kappa shape index (κ2) is 7.26. The molecule has 0 aromatic carbocycles. The Balaban J connectivity index is 1.61. The SMILES string of the molecule is CC(C)CN1CCC(OC2CC(C(C)C(C)C)C2)CC1. The Morgan fingerprint density at radius 3 is 2.05 bits per heavy atom. The lowest BCUT2D eigenvalue weighted by Crippen LogP contribution is -2.43. The summed E-state index contributed by atoms with van der Waals surface area (Å²) in [7, 11) is 0. The fraction of sp³-hybridized carbons (Fsp3) is 1.00. The third-order valence-corrected chi connectivity index (χ3v) is 5.47. The molecule has 1 aliphatic carbocycles. The molecule has 1 aliphatic heterocycles. The first-order valence-corrected chi connectivity index (χ1v) is 8.83. The molecule has 1 unspecified atom stereocenters. The molecule has 0 aromatic rings. The van der Waals surface area contributed by atoms with Gasteiger partial charge in [-0.1, -0.05) is 34.6 Å². The summed E-state index contributed by atoms with van der Waals surface area (Å²) >= 11 is 0. The van der Waals surface area contributed by atoms with Crippen LogP contribution in [0.2, 0.25) is 0 Å². The Labute approximate surface area is 126 Å². The number of piperidine rings is 1. The lowest BCUT2D eigenvalue weighted by Gasteiger charge is -2.43. The molecule has 0 N–H and O–H groups in total. The molecule has 2 fully saturated rings. The topological polar surface area (TPSA) is 12.5 Å². The van der Waals surface area contributed by atoms with Gasteiger partial charge in [-0.25, -0.2) is 0 Å². The maximum atomic E-state index is 6.31. The van der Waals surface area contributed by atoms with Gasteiger partial charge < -0.3 is 9.64 Å². The van der Waals surface area contributed by atoms with E-state index in [1.165, 1.54) is 45.3 Å². The highest BCUT2D eigenvalue weighted by Crippen LogP contribution is 2.40. The molecular formula is C18H35NO. The zero-order valence-corrected chi connectivity index (χ0v) is 14.3. The van der Waals surface area contributed by atoms with Crippen LogP contribution in [0.25, 0.3) is 0 Å². The van der Waals surface area contributed by atoms with Gasteiger partial charge in [0.05, 0.1) is 12.2 Å². The molecular weight excluding hydrogens is 246 g/mol. The van der Waals surface area contributed by atoms with Gasteiger partial charge in [0.1, 0.15) is 0 Å². The zero-order chi connectivity index (χ0) is 14.7. The van der Waals surface area contributed by atoms with Gasteiger partial charge in [-0.15, -0.1) is 0 Å². The Morgan fingerprint density at radius 2 is 1.55 bits per heavy atom. The first-order valence-electron chi connectivity index (χ1n) is 8.83. The van der Waals surface area contributed by atoms with Crippen LogP contribution in [0, 0.1) is 23.7 Å². The van der Waals surface area contributed by atoms with Crippen LogP contribution in [0.5, 0.6) is 0 Å². The van der Waals surface area contributed by atoms with Crippen molar-refractivity contribution in [3.8, 4) is 0 Å². The van der Waals surface area contributed by atoms with E-state index in [0.29, 0.717) is 12.2 Å². The lowest BCUT2D eigenvalue weighted by atomic mass is 9.70. The van der Waals surface area contributed by atoms with Crippen molar-refractivity contribution in [2.45, 2.75) is 72.5 Å². The monoisotopic (exact) mass is 281 g/mol. The second-order valence-corrected chi connectivity index (χ2v) is 7.99. The summed E-state index contributed by atoms with van der Waals surface area (Å²) in [6.07, 6.45) is 6.22. The first-order chi connectivity index (χ1) is 9.45. The van der Waals surface area contributed by atoms with Crippen LogP contribution in [0.3, 0.4) is 0 Å². The van der Waals surface area contributed by atoms with E-state index in [-0.39, 0.29) is 0 Å². The fourth-order valence-corrected chi connectivity index (χ4v) is 3.71. The van der Waals surface area contributed by atoms with Gasteiger partial charge in [0.2, 0.25) is 0 Å². The number of rotatable bonds is 6. The molecule has 0 aromatic heterocycles. The third-order valence-electron chi connectivity index (χ3n) is 5.47. The summed E-state index contributed by atoms with van der Waals surface area (Å²) < 4.78 is 6.31. The van der Waals surface area contributed by atoms with Crippen molar-refractivity contribution in [2.75, 3.05) is 19.6 Å². The summed E-state index contributed by atoms with van der Waals surface area (Å²) in [5.41, 5.74) is 0. The lowest BCUT2D eigenvalue weighted by molar-refractivity contribution is -0.106. The largest absolute Gasteiger partial charge is 0.375 e. The Morgan fingerprint density at radius 1 is 0.950 bits per heavy atom. The van der Waals surface area contributed by atoms with Crippen molar-refractivity contribution in [3.63, 3.8) is 0 Å². The van der Waals surface area contributed by atoms with Crippen LogP contribution in [-0.4, -0.2) is 36.7 Å². The van der Waals surface area contributed by atoms with Crippen molar-refractivity contribution >= 4 is 0 Å². The molecule has 1 heterocycles. The quantitative estimate of drug-likeness (QED) is 0.723. The average Bonchev–Trinajstić information content (AvgIpc) is 2.33. The number of likely N-dealkylation sites (tertiary alicyclic amines) is 1. The molecule has 1 atom stereocenters. The standard InChI is InChI=1S/C18H35NO/c1-13(2)12-19-8-6-17(7-9-19)20-18-10-16(11-18)15(5)14(3)4/h13-18H,6-12H2,1-5H3. The molecule has 1 saturated heterocycles. The predicted molar refractivity (Wildman–Crippen MR) is 85.9 cm³/mol. The summed E-state index contributed by atoms with van der Waals surface area (Å²) in [5, 5.41) is 0. The van der Waals surface area contributed by atoms with Gasteiger partial charge in [-0.3, -0.25) is 0 Å². The van der Waals surface area contributed by atoms with E-state index < -0.39 is 0 Å². The molecule has 2 aliphatic rings. The Kier molecular flexibility index (Phi) is 5.92. The summed E-state index contributed by atoms with van der Waals surface area (Å²) in [6.45, 7) is 15.5. The van der Waals surface area contributed by atoms with Gasteiger partial charge in [-0.05, 0) is 49.4 Å². The fourth-order valence-electron chi connectivity index (χ4n) is 3.71. The number of hydrogen-bond acceptors (Lipinski definition) is 2. The highest BCUT2D eigenvalue weighted by molar-refractivity contribution is 4.86. The van der Waals surface area contributed by atoms with E-state index in [1.807, 2.05) is 0 Å². The number of nitrogens with zero attached hydrogens (tertiary/aromatic N) is 1. The highest BCUT2D eigenvalue weighted by Gasteiger charge is 2.36. The van der Waals surface area contributed by atoms with Gasteiger partial charge in [0.25, 0.3) is 0 Å². The van der Waals surface area contributed by atoms with Crippen molar-refractivity contribution in [3.05, 3.63) is 0 Å². The van der Waals surface area contributed by atoms with E-state index in [9.17, 15) is 0 Å². The molecule has 2 rings (SSSR count). The number of ether oxygens (including phenoxy) is 1. The molecule has 2 heteroatoms. The highest BCUT2D eigenvalue weighted by atomic mass is 16.5. The zero-order valence-electron chi connectivity index (χ0n) is 14.3. The van der Waals surface area contributed by atoms with Crippen LogP contribution in [-0.2, 0) is 4.74 Å². The van der Waals surface area contributed by atoms with Gasteiger partial charge in [0, 0.05) is 19.6 Å². The molecule has 20 heavy (non-hydrogen) atoms. The Hall–Kier alpha value is -0.0800. The maximum absolute atomic E-state index is 6.31. The molecule has 0 bridgehead atoms. The van der Waals surface area contributed by atoms with Crippen LogP contribution in [0.1, 0.15) is 60.3 Å². The second-order valence-electron chi connectivity index (χ2n) is 7.99. The van der Waals surface area contributed by atoms with E-state index in [4.69, 9.17) is 4.74 Å². The van der Waals surface area contributed by atoms with E-state index in [0.717, 1.165) is 23.7 Å². The molecule has 0 radical (unpaired) electrons. The predicted octanol–water partition coefficient (Wildman–Crippen LogP) is 4.19.